The normalized spacial score (nSPS) is 18.4. The summed E-state index contributed by atoms with van der Waals surface area (Å²) in [4.78, 5) is 54.2. The van der Waals surface area contributed by atoms with Crippen molar-refractivity contribution in [2.45, 2.75) is 44.1 Å². The summed E-state index contributed by atoms with van der Waals surface area (Å²) in [7, 11) is 1.46. The molecule has 3 N–H and O–H groups in total. The van der Waals surface area contributed by atoms with Crippen molar-refractivity contribution >= 4 is 68.1 Å². The van der Waals surface area contributed by atoms with Crippen LogP contribution >= 0.6 is 11.6 Å². The van der Waals surface area contributed by atoms with Gasteiger partial charge in [-0.05, 0) is 98.4 Å². The molecule has 66 heavy (non-hydrogen) atoms. The number of ether oxygens (including phenoxy) is 2. The van der Waals surface area contributed by atoms with E-state index < -0.39 is 27.9 Å². The molecule has 0 radical (unpaired) electrons. The smallest absolute Gasteiger partial charge is 0.293 e. The van der Waals surface area contributed by atoms with Crippen LogP contribution in [0.3, 0.4) is 0 Å². The number of amides is 2. The van der Waals surface area contributed by atoms with E-state index >= 15 is 0 Å². The highest BCUT2D eigenvalue weighted by molar-refractivity contribution is 7.83. The topological polar surface area (TPSA) is 179 Å². The average Bonchev–Trinajstić information content (AvgIpc) is 3.79. The number of H-pyrrole nitrogens is 1. The van der Waals surface area contributed by atoms with E-state index in [1.807, 2.05) is 50.5 Å². The zero-order valence-corrected chi connectivity index (χ0v) is 39.3. The number of anilines is 2. The summed E-state index contributed by atoms with van der Waals surface area (Å²) in [5.74, 6) is -0.0529. The number of likely N-dealkylation sites (N-methyl/N-ethyl adjacent to an activating group) is 1. The number of carbonyl (C=O) groups is 2. The van der Waals surface area contributed by atoms with Gasteiger partial charge in [-0.3, -0.25) is 29.3 Å². The Morgan fingerprint density at radius 1 is 1.03 bits per heavy atom. The van der Waals surface area contributed by atoms with Crippen LogP contribution in [0, 0.1) is 15.5 Å². The molecule has 2 atom stereocenters. The number of morpholine rings is 1. The van der Waals surface area contributed by atoms with Gasteiger partial charge in [0.2, 0.25) is 5.91 Å². The monoisotopic (exact) mass is 937 g/mol. The molecule has 3 aliphatic rings. The number of halogens is 1. The first-order chi connectivity index (χ1) is 31.7. The number of piperazine rings is 1. The summed E-state index contributed by atoms with van der Waals surface area (Å²) >= 11 is 6.25. The molecule has 4 aromatic carbocycles. The van der Waals surface area contributed by atoms with Gasteiger partial charge in [-0.1, -0.05) is 49.2 Å². The van der Waals surface area contributed by atoms with Gasteiger partial charge in [0.25, 0.3) is 11.6 Å². The molecule has 8 rings (SSSR count). The first-order valence-electron chi connectivity index (χ1n) is 22.2. The molecule has 18 heteroatoms. The van der Waals surface area contributed by atoms with Crippen molar-refractivity contribution in [2.24, 2.45) is 5.41 Å². The van der Waals surface area contributed by atoms with Crippen LogP contribution in [-0.4, -0.2) is 131 Å². The molecule has 2 amide bonds. The molecule has 2 saturated heterocycles. The highest BCUT2D eigenvalue weighted by atomic mass is 35.5. The van der Waals surface area contributed by atoms with Crippen LogP contribution in [0.1, 0.15) is 49.0 Å². The Labute approximate surface area is 392 Å². The van der Waals surface area contributed by atoms with Gasteiger partial charge in [0.05, 0.1) is 46.5 Å². The number of nitrogens with one attached hydrogen (secondary N) is 3. The molecular weight excluding hydrogens is 882 g/mol. The number of imidazole rings is 1. The van der Waals surface area contributed by atoms with E-state index in [1.54, 1.807) is 28.3 Å². The lowest BCUT2D eigenvalue weighted by Crippen LogP contribution is -2.50. The SMILES string of the molecule is CN(C)CC(=O)N1CCO[C@@H](CNc2ccc(S(=O)NC(=O)c3ccc(N4CCN(CC5=C(c6ccc(Cl)cc6)CC(C)(C)CC5)CC4)cc3Oc3cccc4[nH]cnc34)cc2[N+](=O)[O-])C1. The molecule has 0 spiro atoms. The maximum Gasteiger partial charge on any atom is 0.293 e. The number of allylic oxidation sites excluding steroid dienone is 1. The van der Waals surface area contributed by atoms with Crippen LogP contribution < -0.4 is 19.7 Å². The predicted molar refractivity (Wildman–Crippen MR) is 258 cm³/mol. The largest absolute Gasteiger partial charge is 0.454 e. The number of aromatic nitrogens is 2. The van der Waals surface area contributed by atoms with Gasteiger partial charge in [-0.15, -0.1) is 0 Å². The number of rotatable bonds is 15. The lowest BCUT2D eigenvalue weighted by molar-refractivity contribution is -0.384. The first-order valence-corrected chi connectivity index (χ1v) is 23.7. The van der Waals surface area contributed by atoms with Gasteiger partial charge in [0.1, 0.15) is 17.0 Å². The Bertz CT molecular complexity index is 2650. The van der Waals surface area contributed by atoms with Gasteiger partial charge in [0, 0.05) is 75.2 Å². The Morgan fingerprint density at radius 2 is 1.82 bits per heavy atom. The summed E-state index contributed by atoms with van der Waals surface area (Å²) in [5, 5.41) is 16.0. The fraction of sp³-hybridized carbons (Fsp3) is 0.396. The molecule has 1 aromatic heterocycles. The number of fused-ring (bicyclic) bond motifs is 1. The number of carbonyl (C=O) groups excluding carboxylic acids is 2. The lowest BCUT2D eigenvalue weighted by atomic mass is 9.72. The highest BCUT2D eigenvalue weighted by Gasteiger charge is 2.31. The molecule has 3 heterocycles. The van der Waals surface area contributed by atoms with Crippen LogP contribution in [0.5, 0.6) is 11.5 Å². The van der Waals surface area contributed by atoms with E-state index in [9.17, 15) is 23.9 Å². The van der Waals surface area contributed by atoms with Crippen molar-refractivity contribution in [1.29, 1.82) is 0 Å². The molecule has 2 aliphatic heterocycles. The molecule has 2 fully saturated rings. The van der Waals surface area contributed by atoms with Crippen molar-refractivity contribution in [2.75, 3.05) is 89.8 Å². The fourth-order valence-electron chi connectivity index (χ4n) is 8.81. The van der Waals surface area contributed by atoms with Crippen LogP contribution in [0.15, 0.2) is 95.7 Å². The zero-order valence-electron chi connectivity index (χ0n) is 37.7. The van der Waals surface area contributed by atoms with Crippen LogP contribution in [0.25, 0.3) is 16.6 Å². The third-order valence-electron chi connectivity index (χ3n) is 12.4. The number of hydrogen-bond acceptors (Lipinski definition) is 12. The van der Waals surface area contributed by atoms with Gasteiger partial charge in [0.15, 0.2) is 16.7 Å². The predicted octanol–water partition coefficient (Wildman–Crippen LogP) is 7.36. The second-order valence-corrected chi connectivity index (χ2v) is 19.8. The number of benzene rings is 4. The Kier molecular flexibility index (Phi) is 14.4. The molecule has 348 valence electrons. The van der Waals surface area contributed by atoms with Gasteiger partial charge in [-0.2, -0.15) is 0 Å². The number of nitro groups is 1. The van der Waals surface area contributed by atoms with E-state index in [1.165, 1.54) is 34.9 Å². The fourth-order valence-corrected chi connectivity index (χ4v) is 9.74. The van der Waals surface area contributed by atoms with Crippen molar-refractivity contribution in [3.05, 3.63) is 117 Å². The molecule has 1 aliphatic carbocycles. The second kappa shape index (κ2) is 20.3. The van der Waals surface area contributed by atoms with Crippen LogP contribution in [0.4, 0.5) is 17.1 Å². The van der Waals surface area contributed by atoms with Gasteiger partial charge >= 0.3 is 0 Å². The highest BCUT2D eigenvalue weighted by Crippen LogP contribution is 2.43. The maximum absolute atomic E-state index is 14.0. The quantitative estimate of drug-likeness (QED) is 0.0703. The van der Waals surface area contributed by atoms with E-state index in [4.69, 9.17) is 21.1 Å². The summed E-state index contributed by atoms with van der Waals surface area (Å²) in [6.07, 6.45) is 4.40. The summed E-state index contributed by atoms with van der Waals surface area (Å²) < 4.78 is 28.6. The number of hydrogen-bond donors (Lipinski definition) is 3. The summed E-state index contributed by atoms with van der Waals surface area (Å²) in [6.45, 7) is 10.4. The number of nitro benzene ring substituents is 1. The molecule has 0 bridgehead atoms. The standard InChI is InChI=1S/C48H56ClN9O7S/c1-48(2)17-16-33(39(26-48)32-8-10-34(49)11-9-32)28-55-18-20-56(21-19-55)35-12-14-38(44(24-35)65-43-7-5-6-41-46(43)52-31-51-41)47(60)53-66(63)37-13-15-40(42(25-37)58(61)62)50-27-36-29-57(22-23-64-36)45(59)30-54(3)4/h5-15,24-25,31,36,50H,16-23,26-30H2,1-4H3,(H,51,52)(H,53,60)/t36-,66?/m0/s1. The minimum Gasteiger partial charge on any atom is -0.454 e. The van der Waals surface area contributed by atoms with E-state index in [-0.39, 0.29) is 52.0 Å². The Hall–Kier alpha value is -5.85. The molecular formula is C48H56ClN9O7S. The molecule has 5 aromatic rings. The van der Waals surface area contributed by atoms with Crippen molar-refractivity contribution < 1.29 is 28.2 Å². The minimum atomic E-state index is -2.18. The third kappa shape index (κ3) is 11.2. The van der Waals surface area contributed by atoms with E-state index in [0.29, 0.717) is 31.0 Å². The maximum atomic E-state index is 14.0. The van der Waals surface area contributed by atoms with E-state index in [0.717, 1.165) is 68.2 Å². The number of para-hydroxylation sites is 1. The van der Waals surface area contributed by atoms with Gasteiger partial charge in [-0.25, -0.2) is 9.19 Å². The molecule has 1 unspecified atom stereocenters. The van der Waals surface area contributed by atoms with Crippen LogP contribution in [-0.2, 0) is 20.5 Å². The van der Waals surface area contributed by atoms with Crippen molar-refractivity contribution in [3.8, 4) is 11.5 Å². The molecule has 16 nitrogen and oxygen atoms in total. The van der Waals surface area contributed by atoms with Crippen LogP contribution in [0.2, 0.25) is 5.02 Å². The van der Waals surface area contributed by atoms with E-state index in [2.05, 4.69) is 55.8 Å². The lowest BCUT2D eigenvalue weighted by Gasteiger charge is -2.39. The molecule has 0 saturated carbocycles. The number of aromatic amines is 1. The minimum absolute atomic E-state index is 0.0238. The average molecular weight is 939 g/mol. The van der Waals surface area contributed by atoms with Crippen molar-refractivity contribution in [1.82, 2.24) is 29.4 Å². The number of nitrogens with zero attached hydrogens (tertiary/aromatic N) is 6. The van der Waals surface area contributed by atoms with Gasteiger partial charge < -0.3 is 34.5 Å². The zero-order chi connectivity index (χ0) is 46.5. The van der Waals surface area contributed by atoms with Crippen molar-refractivity contribution in [3.63, 3.8) is 0 Å². The Morgan fingerprint density at radius 3 is 2.58 bits per heavy atom. The summed E-state index contributed by atoms with van der Waals surface area (Å²) in [6, 6.07) is 23.1. The summed E-state index contributed by atoms with van der Waals surface area (Å²) in [5.41, 5.74) is 6.55. The third-order valence-corrected chi connectivity index (χ3v) is 13.7. The Balaban J connectivity index is 0.965. The second-order valence-electron chi connectivity index (χ2n) is 18.1. The first kappa shape index (κ1) is 46.7.